The number of benzene rings is 1. The number of hydrogen-bond donors (Lipinski definition) is 1. The second-order valence-corrected chi connectivity index (χ2v) is 3.92. The maximum Gasteiger partial charge on any atom is 0.303 e. The van der Waals surface area contributed by atoms with Crippen molar-refractivity contribution in [3.05, 3.63) is 35.7 Å². The van der Waals surface area contributed by atoms with Crippen molar-refractivity contribution >= 4 is 5.97 Å². The summed E-state index contributed by atoms with van der Waals surface area (Å²) in [5, 5.41) is 8.85. The summed E-state index contributed by atoms with van der Waals surface area (Å²) in [6, 6.07) is 5.86. The van der Waals surface area contributed by atoms with Crippen LogP contribution < -0.4 is 4.74 Å². The van der Waals surface area contributed by atoms with Gasteiger partial charge >= 0.3 is 5.97 Å². The second kappa shape index (κ2) is 4.56. The summed E-state index contributed by atoms with van der Waals surface area (Å²) < 4.78 is 5.16. The lowest BCUT2D eigenvalue weighted by Crippen LogP contribution is -2.14. The fourth-order valence-electron chi connectivity index (χ4n) is 2.10. The second-order valence-electron chi connectivity index (χ2n) is 3.92. The predicted octanol–water partition coefficient (Wildman–Crippen LogP) is 2.28. The molecular formula is C13H14O3. The molecule has 0 spiro atoms. The predicted molar refractivity (Wildman–Crippen MR) is 59.6 cm³/mol. The first-order valence-corrected chi connectivity index (χ1v) is 5.32. The molecule has 1 aromatic carbocycles. The van der Waals surface area contributed by atoms with Gasteiger partial charge in [0.1, 0.15) is 5.75 Å². The third-order valence-electron chi connectivity index (χ3n) is 2.89. The average molecular weight is 218 g/mol. The zero-order valence-corrected chi connectivity index (χ0v) is 9.19. The molecule has 16 heavy (non-hydrogen) atoms. The van der Waals surface area contributed by atoms with Crippen molar-refractivity contribution in [2.24, 2.45) is 0 Å². The first-order valence-electron chi connectivity index (χ1n) is 5.32. The van der Waals surface area contributed by atoms with E-state index in [0.717, 1.165) is 24.2 Å². The smallest absolute Gasteiger partial charge is 0.303 e. The first kappa shape index (κ1) is 11.0. The molecule has 0 saturated carbocycles. The normalized spacial score (nSPS) is 18.9. The lowest BCUT2D eigenvalue weighted by molar-refractivity contribution is -0.137. The minimum atomic E-state index is -0.784. The van der Waals surface area contributed by atoms with E-state index in [0.29, 0.717) is 0 Å². The molecule has 0 bridgehead atoms. The van der Waals surface area contributed by atoms with Crippen LogP contribution in [0.4, 0.5) is 0 Å². The Kier molecular flexibility index (Phi) is 3.13. The molecule has 3 nitrogen and oxygen atoms in total. The van der Waals surface area contributed by atoms with Crippen LogP contribution in [0.25, 0.3) is 0 Å². The third-order valence-corrected chi connectivity index (χ3v) is 2.89. The largest absolute Gasteiger partial charge is 0.497 e. The van der Waals surface area contributed by atoms with E-state index in [1.165, 1.54) is 5.56 Å². The molecular weight excluding hydrogens is 204 g/mol. The van der Waals surface area contributed by atoms with Crippen molar-refractivity contribution in [1.29, 1.82) is 0 Å². The van der Waals surface area contributed by atoms with Crippen LogP contribution in [0, 0.1) is 6.42 Å². The summed E-state index contributed by atoms with van der Waals surface area (Å²) >= 11 is 0. The van der Waals surface area contributed by atoms with Crippen LogP contribution in [0.15, 0.2) is 18.2 Å². The average Bonchev–Trinajstić information content (AvgIpc) is 2.28. The van der Waals surface area contributed by atoms with Crippen LogP contribution >= 0.6 is 0 Å². The molecule has 84 valence electrons. The van der Waals surface area contributed by atoms with Crippen molar-refractivity contribution in [2.75, 3.05) is 7.11 Å². The number of aryl methyl sites for hydroxylation is 1. The summed E-state index contributed by atoms with van der Waals surface area (Å²) in [6.07, 6.45) is 5.10. The Labute approximate surface area is 95.0 Å². The van der Waals surface area contributed by atoms with Crippen LogP contribution in [0.2, 0.25) is 0 Å². The molecule has 0 saturated heterocycles. The van der Waals surface area contributed by atoms with Crippen molar-refractivity contribution in [2.45, 2.75) is 25.2 Å². The molecule has 0 aliphatic heterocycles. The summed E-state index contributed by atoms with van der Waals surface area (Å²) in [4.78, 5) is 10.8. The molecule has 3 heteroatoms. The van der Waals surface area contributed by atoms with E-state index in [4.69, 9.17) is 9.84 Å². The van der Waals surface area contributed by atoms with Gasteiger partial charge in [0, 0.05) is 5.92 Å². The standard InChI is InChI=1S/C13H14O3/c1-16-11-6-5-9-3-2-4-10(7-13(14)15)12(9)8-11/h5-6,8,10H,2-3,7H2,1H3,(H,14,15). The first-order chi connectivity index (χ1) is 7.70. The Hall–Kier alpha value is -1.51. The molecule has 0 amide bonds. The van der Waals surface area contributed by atoms with Gasteiger partial charge in [0.25, 0.3) is 0 Å². The van der Waals surface area contributed by atoms with Gasteiger partial charge in [-0.05, 0) is 42.5 Å². The highest BCUT2D eigenvalue weighted by molar-refractivity contribution is 5.68. The van der Waals surface area contributed by atoms with Gasteiger partial charge in [-0.15, -0.1) is 0 Å². The third kappa shape index (κ3) is 2.18. The summed E-state index contributed by atoms with van der Waals surface area (Å²) in [7, 11) is 1.62. The zero-order chi connectivity index (χ0) is 11.5. The fraction of sp³-hybridized carbons (Fsp3) is 0.385. The lowest BCUT2D eigenvalue weighted by Gasteiger charge is -2.24. The van der Waals surface area contributed by atoms with E-state index in [1.807, 2.05) is 18.2 Å². The van der Waals surface area contributed by atoms with E-state index >= 15 is 0 Å². The number of ether oxygens (including phenoxy) is 1. The van der Waals surface area contributed by atoms with Crippen LogP contribution in [-0.2, 0) is 11.2 Å². The van der Waals surface area contributed by atoms with E-state index in [9.17, 15) is 4.79 Å². The van der Waals surface area contributed by atoms with Crippen molar-refractivity contribution in [1.82, 2.24) is 0 Å². The molecule has 2 rings (SSSR count). The van der Waals surface area contributed by atoms with E-state index in [-0.39, 0.29) is 12.3 Å². The number of hydrogen-bond acceptors (Lipinski definition) is 2. The zero-order valence-electron chi connectivity index (χ0n) is 9.19. The highest BCUT2D eigenvalue weighted by Crippen LogP contribution is 2.35. The molecule has 0 fully saturated rings. The number of rotatable bonds is 3. The van der Waals surface area contributed by atoms with Gasteiger partial charge in [0.2, 0.25) is 0 Å². The molecule has 1 aromatic rings. The SMILES string of the molecule is COc1ccc2c(c1)C(CC(=O)O)[C]CC2. The van der Waals surface area contributed by atoms with Crippen LogP contribution in [0.5, 0.6) is 5.75 Å². The highest BCUT2D eigenvalue weighted by Gasteiger charge is 2.23. The minimum Gasteiger partial charge on any atom is -0.497 e. The Morgan fingerprint density at radius 1 is 1.62 bits per heavy atom. The number of fused-ring (bicyclic) bond motifs is 1. The molecule has 0 heterocycles. The molecule has 1 unspecified atom stereocenters. The molecule has 1 atom stereocenters. The summed E-state index contributed by atoms with van der Waals surface area (Å²) in [5.41, 5.74) is 2.26. The van der Waals surface area contributed by atoms with Gasteiger partial charge < -0.3 is 9.84 Å². The number of carboxylic acids is 1. The molecule has 1 aliphatic rings. The van der Waals surface area contributed by atoms with Crippen LogP contribution in [0.1, 0.15) is 29.9 Å². The maximum atomic E-state index is 10.8. The number of carbonyl (C=O) groups is 1. The lowest BCUT2D eigenvalue weighted by atomic mass is 9.81. The van der Waals surface area contributed by atoms with Crippen LogP contribution in [-0.4, -0.2) is 18.2 Å². The Bertz CT molecular complexity index is 398. The molecule has 1 aliphatic carbocycles. The highest BCUT2D eigenvalue weighted by atomic mass is 16.5. The topological polar surface area (TPSA) is 46.5 Å². The van der Waals surface area contributed by atoms with Gasteiger partial charge in [-0.1, -0.05) is 6.07 Å². The van der Waals surface area contributed by atoms with Gasteiger partial charge in [-0.3, -0.25) is 4.79 Å². The number of methoxy groups -OCH3 is 1. The summed E-state index contributed by atoms with van der Waals surface area (Å²) in [6.45, 7) is 0. The summed E-state index contributed by atoms with van der Waals surface area (Å²) in [5.74, 6) is -0.109. The molecule has 2 radical (unpaired) electrons. The van der Waals surface area contributed by atoms with Gasteiger partial charge in [-0.25, -0.2) is 0 Å². The van der Waals surface area contributed by atoms with Crippen molar-refractivity contribution < 1.29 is 14.6 Å². The van der Waals surface area contributed by atoms with Crippen molar-refractivity contribution in [3.8, 4) is 5.75 Å². The Morgan fingerprint density at radius 2 is 2.44 bits per heavy atom. The number of carboxylic acid groups (broad SMARTS) is 1. The Balaban J connectivity index is 2.31. The maximum absolute atomic E-state index is 10.8. The minimum absolute atomic E-state index is 0.101. The number of aliphatic carboxylic acids is 1. The van der Waals surface area contributed by atoms with E-state index in [2.05, 4.69) is 6.42 Å². The molecule has 1 N–H and O–H groups in total. The van der Waals surface area contributed by atoms with Gasteiger partial charge in [-0.2, -0.15) is 0 Å². The van der Waals surface area contributed by atoms with E-state index < -0.39 is 5.97 Å². The van der Waals surface area contributed by atoms with Crippen molar-refractivity contribution in [3.63, 3.8) is 0 Å². The fourth-order valence-corrected chi connectivity index (χ4v) is 2.10. The van der Waals surface area contributed by atoms with Gasteiger partial charge in [0.15, 0.2) is 0 Å². The monoisotopic (exact) mass is 218 g/mol. The quantitative estimate of drug-likeness (QED) is 0.846. The van der Waals surface area contributed by atoms with Gasteiger partial charge in [0.05, 0.1) is 13.5 Å². The molecule has 0 aromatic heterocycles. The van der Waals surface area contributed by atoms with Crippen LogP contribution in [0.3, 0.4) is 0 Å². The Morgan fingerprint density at radius 3 is 3.12 bits per heavy atom. The van der Waals surface area contributed by atoms with E-state index in [1.54, 1.807) is 7.11 Å².